The van der Waals surface area contributed by atoms with Crippen LogP contribution in [-0.4, -0.2) is 58.8 Å². The van der Waals surface area contributed by atoms with E-state index in [0.29, 0.717) is 46.1 Å². The van der Waals surface area contributed by atoms with Gasteiger partial charge in [0.2, 0.25) is 0 Å². The van der Waals surface area contributed by atoms with Gasteiger partial charge in [0.25, 0.3) is 0 Å². The van der Waals surface area contributed by atoms with E-state index in [1.807, 2.05) is 0 Å². The fourth-order valence-electron chi connectivity index (χ4n) is 1.50. The van der Waals surface area contributed by atoms with Crippen LogP contribution in [0.4, 0.5) is 0 Å². The quantitative estimate of drug-likeness (QED) is 0.462. The van der Waals surface area contributed by atoms with Gasteiger partial charge in [0.15, 0.2) is 0 Å². The van der Waals surface area contributed by atoms with Gasteiger partial charge in [-0.25, -0.2) is 0 Å². The van der Waals surface area contributed by atoms with Gasteiger partial charge in [0.05, 0.1) is 39.0 Å². The highest BCUT2D eigenvalue weighted by Crippen LogP contribution is 2.13. The number of nitrogens with two attached hydrogens (primary N) is 1. The van der Waals surface area contributed by atoms with Crippen LogP contribution < -0.4 is 5.73 Å². The zero-order chi connectivity index (χ0) is 12.5. The van der Waals surface area contributed by atoms with Gasteiger partial charge >= 0.3 is 5.97 Å². The lowest BCUT2D eigenvalue weighted by molar-refractivity contribution is -0.149. The Morgan fingerprint density at radius 2 is 2.12 bits per heavy atom. The lowest BCUT2D eigenvalue weighted by Gasteiger charge is -2.12. The van der Waals surface area contributed by atoms with Gasteiger partial charge in [-0.15, -0.1) is 0 Å². The Kier molecular flexibility index (Phi) is 7.11. The Morgan fingerprint density at radius 3 is 2.76 bits per heavy atom. The third-order valence-corrected chi connectivity index (χ3v) is 2.54. The predicted molar refractivity (Wildman–Crippen MR) is 60.6 cm³/mol. The molecule has 1 rings (SSSR count). The lowest BCUT2D eigenvalue weighted by Crippen LogP contribution is -2.35. The summed E-state index contributed by atoms with van der Waals surface area (Å²) >= 11 is 0. The minimum atomic E-state index is -0.315. The van der Waals surface area contributed by atoms with Gasteiger partial charge < -0.3 is 24.7 Å². The number of esters is 1. The van der Waals surface area contributed by atoms with E-state index in [0.717, 1.165) is 0 Å². The number of ether oxygens (including phenoxy) is 4. The molecule has 6 nitrogen and oxygen atoms in total. The smallest absolute Gasteiger partial charge is 0.312 e. The Labute approximate surface area is 101 Å². The topological polar surface area (TPSA) is 80.0 Å². The standard InChI is InChI=1S/C11H21NO5/c1-14-5-6-15-3-2-4-17-11(13)9-7-16-8-10(9)12/h9-10H,2-8,12H2,1H3. The molecule has 0 aromatic heterocycles. The number of rotatable bonds is 8. The third-order valence-electron chi connectivity index (χ3n) is 2.54. The van der Waals surface area contributed by atoms with Gasteiger partial charge in [0.1, 0.15) is 0 Å². The zero-order valence-electron chi connectivity index (χ0n) is 10.2. The summed E-state index contributed by atoms with van der Waals surface area (Å²) in [5.74, 6) is -0.587. The van der Waals surface area contributed by atoms with Crippen LogP contribution in [0.3, 0.4) is 0 Å². The molecule has 1 aliphatic heterocycles. The number of carbonyl (C=O) groups is 1. The average Bonchev–Trinajstić information content (AvgIpc) is 2.74. The summed E-state index contributed by atoms with van der Waals surface area (Å²) in [5, 5.41) is 0. The largest absolute Gasteiger partial charge is 0.465 e. The van der Waals surface area contributed by atoms with Gasteiger partial charge in [-0.05, 0) is 0 Å². The average molecular weight is 247 g/mol. The van der Waals surface area contributed by atoms with Crippen molar-refractivity contribution >= 4 is 5.97 Å². The molecule has 0 radical (unpaired) electrons. The Hall–Kier alpha value is -0.690. The van der Waals surface area contributed by atoms with E-state index in [1.54, 1.807) is 7.11 Å². The summed E-state index contributed by atoms with van der Waals surface area (Å²) in [6, 6.07) is -0.236. The molecule has 0 amide bonds. The van der Waals surface area contributed by atoms with E-state index in [-0.39, 0.29) is 17.9 Å². The highest BCUT2D eigenvalue weighted by Gasteiger charge is 2.32. The normalized spacial score (nSPS) is 23.9. The minimum Gasteiger partial charge on any atom is -0.465 e. The summed E-state index contributed by atoms with van der Waals surface area (Å²) in [6.07, 6.45) is 0.679. The maximum Gasteiger partial charge on any atom is 0.312 e. The second-order valence-corrected chi connectivity index (χ2v) is 3.93. The monoisotopic (exact) mass is 247 g/mol. The van der Waals surface area contributed by atoms with E-state index in [9.17, 15) is 4.79 Å². The maximum atomic E-state index is 11.5. The van der Waals surface area contributed by atoms with Crippen molar-refractivity contribution in [3.05, 3.63) is 0 Å². The first-order valence-corrected chi connectivity index (χ1v) is 5.82. The predicted octanol–water partition coefficient (Wildman–Crippen LogP) is -0.444. The fraction of sp³-hybridized carbons (Fsp3) is 0.909. The number of hydrogen-bond donors (Lipinski definition) is 1. The number of hydrogen-bond acceptors (Lipinski definition) is 6. The van der Waals surface area contributed by atoms with E-state index in [1.165, 1.54) is 0 Å². The SMILES string of the molecule is COCCOCCCOC(=O)C1COCC1N. The Balaban J connectivity index is 1.97. The molecule has 0 saturated carbocycles. The van der Waals surface area contributed by atoms with Crippen molar-refractivity contribution in [3.63, 3.8) is 0 Å². The van der Waals surface area contributed by atoms with Crippen LogP contribution >= 0.6 is 0 Å². The van der Waals surface area contributed by atoms with E-state index >= 15 is 0 Å². The minimum absolute atomic E-state index is 0.236. The van der Waals surface area contributed by atoms with E-state index in [2.05, 4.69) is 0 Å². The second-order valence-electron chi connectivity index (χ2n) is 3.93. The molecule has 6 heteroatoms. The summed E-state index contributed by atoms with van der Waals surface area (Å²) in [4.78, 5) is 11.5. The molecule has 1 fully saturated rings. The van der Waals surface area contributed by atoms with Crippen molar-refractivity contribution in [2.45, 2.75) is 12.5 Å². The van der Waals surface area contributed by atoms with Crippen LogP contribution in [0.25, 0.3) is 0 Å². The molecule has 0 bridgehead atoms. The second kappa shape index (κ2) is 8.41. The van der Waals surface area contributed by atoms with Gasteiger partial charge in [0, 0.05) is 26.2 Å². The fourth-order valence-corrected chi connectivity index (χ4v) is 1.50. The summed E-state index contributed by atoms with van der Waals surface area (Å²) < 4.78 is 20.3. The Morgan fingerprint density at radius 1 is 1.29 bits per heavy atom. The van der Waals surface area contributed by atoms with Crippen molar-refractivity contribution in [1.82, 2.24) is 0 Å². The third kappa shape index (κ3) is 5.45. The van der Waals surface area contributed by atoms with Crippen LogP contribution in [0.5, 0.6) is 0 Å². The molecule has 1 heterocycles. The zero-order valence-corrected chi connectivity index (χ0v) is 10.2. The first-order valence-electron chi connectivity index (χ1n) is 5.82. The summed E-state index contributed by atoms with van der Waals surface area (Å²) in [6.45, 7) is 2.85. The van der Waals surface area contributed by atoms with Crippen molar-refractivity contribution in [1.29, 1.82) is 0 Å². The summed E-state index contributed by atoms with van der Waals surface area (Å²) in [5.41, 5.74) is 5.70. The molecule has 0 aromatic carbocycles. The molecular formula is C11H21NO5. The summed E-state index contributed by atoms with van der Waals surface area (Å²) in [7, 11) is 1.62. The molecule has 1 aliphatic rings. The van der Waals surface area contributed by atoms with E-state index in [4.69, 9.17) is 24.7 Å². The van der Waals surface area contributed by atoms with Gasteiger partial charge in [-0.3, -0.25) is 4.79 Å². The first-order chi connectivity index (χ1) is 8.25. The molecule has 1 saturated heterocycles. The molecule has 0 spiro atoms. The number of methoxy groups -OCH3 is 1. The molecule has 0 aliphatic carbocycles. The van der Waals surface area contributed by atoms with E-state index < -0.39 is 0 Å². The highest BCUT2D eigenvalue weighted by molar-refractivity contribution is 5.73. The van der Waals surface area contributed by atoms with Crippen molar-refractivity contribution in [2.24, 2.45) is 11.7 Å². The highest BCUT2D eigenvalue weighted by atomic mass is 16.5. The molecule has 2 atom stereocenters. The van der Waals surface area contributed by atoms with Gasteiger partial charge in [-0.2, -0.15) is 0 Å². The van der Waals surface area contributed by atoms with Crippen molar-refractivity contribution < 1.29 is 23.7 Å². The van der Waals surface area contributed by atoms with Crippen LogP contribution in [0.1, 0.15) is 6.42 Å². The molecule has 0 aromatic rings. The maximum absolute atomic E-state index is 11.5. The van der Waals surface area contributed by atoms with Gasteiger partial charge in [-0.1, -0.05) is 0 Å². The molecule has 100 valence electrons. The molecule has 17 heavy (non-hydrogen) atoms. The van der Waals surface area contributed by atoms with Crippen molar-refractivity contribution in [3.8, 4) is 0 Å². The number of carbonyl (C=O) groups excluding carboxylic acids is 1. The van der Waals surface area contributed by atoms with Crippen LogP contribution in [-0.2, 0) is 23.7 Å². The van der Waals surface area contributed by atoms with Crippen LogP contribution in [0, 0.1) is 5.92 Å². The van der Waals surface area contributed by atoms with Crippen molar-refractivity contribution in [2.75, 3.05) is 46.8 Å². The van der Waals surface area contributed by atoms with Crippen LogP contribution in [0.2, 0.25) is 0 Å². The molecular weight excluding hydrogens is 226 g/mol. The molecule has 2 N–H and O–H groups in total. The first kappa shape index (κ1) is 14.4. The van der Waals surface area contributed by atoms with Crippen LogP contribution in [0.15, 0.2) is 0 Å². The lowest BCUT2D eigenvalue weighted by atomic mass is 10.1. The molecule has 2 unspecified atom stereocenters. The Bertz CT molecular complexity index is 224.